The minimum atomic E-state index is -0.664. The van der Waals surface area contributed by atoms with Gasteiger partial charge in [0.2, 0.25) is 0 Å². The average Bonchev–Trinajstić information content (AvgIpc) is 3.04. The van der Waals surface area contributed by atoms with Crippen LogP contribution in [0.3, 0.4) is 0 Å². The zero-order valence-corrected chi connectivity index (χ0v) is 11.8. The van der Waals surface area contributed by atoms with E-state index in [4.69, 9.17) is 4.42 Å². The van der Waals surface area contributed by atoms with Gasteiger partial charge in [0.05, 0.1) is 5.56 Å². The first-order chi connectivity index (χ1) is 11.1. The first-order valence-corrected chi connectivity index (χ1v) is 6.75. The molecule has 1 N–H and O–H groups in total. The van der Waals surface area contributed by atoms with Gasteiger partial charge in [-0.1, -0.05) is 30.3 Å². The molecule has 0 saturated carbocycles. The summed E-state index contributed by atoms with van der Waals surface area (Å²) in [5.74, 6) is -2.04. The van der Waals surface area contributed by atoms with Crippen molar-refractivity contribution in [3.05, 3.63) is 71.6 Å². The molecule has 0 aliphatic heterocycles. The Morgan fingerprint density at radius 3 is 2.43 bits per heavy atom. The fraction of sp³-hybridized carbons (Fsp3) is 0.0625. The van der Waals surface area contributed by atoms with E-state index in [1.807, 2.05) is 0 Å². The number of halogens is 2. The number of hydrogen-bond donors (Lipinski definition) is 1. The summed E-state index contributed by atoms with van der Waals surface area (Å²) in [6.45, 7) is -0.0249. The molecule has 3 rings (SSSR count). The van der Waals surface area contributed by atoms with Crippen LogP contribution in [0.2, 0.25) is 0 Å². The summed E-state index contributed by atoms with van der Waals surface area (Å²) in [4.78, 5) is 11.9. The van der Waals surface area contributed by atoms with E-state index in [0.29, 0.717) is 5.56 Å². The van der Waals surface area contributed by atoms with Gasteiger partial charge in [0, 0.05) is 12.1 Å². The van der Waals surface area contributed by atoms with E-state index in [1.54, 1.807) is 24.3 Å². The molecule has 7 heteroatoms. The van der Waals surface area contributed by atoms with Gasteiger partial charge in [0.25, 0.3) is 5.89 Å². The highest BCUT2D eigenvalue weighted by molar-refractivity contribution is 5.89. The van der Waals surface area contributed by atoms with Crippen LogP contribution in [-0.2, 0) is 6.54 Å². The van der Waals surface area contributed by atoms with Gasteiger partial charge in [-0.25, -0.2) is 8.78 Å². The van der Waals surface area contributed by atoms with E-state index < -0.39 is 17.5 Å². The lowest BCUT2D eigenvalue weighted by Crippen LogP contribution is -2.23. The smallest absolute Gasteiger partial charge is 0.309 e. The Labute approximate surface area is 130 Å². The summed E-state index contributed by atoms with van der Waals surface area (Å²) in [5.41, 5.74) is 0.433. The molecule has 23 heavy (non-hydrogen) atoms. The standard InChI is InChI=1S/C16H11F2N3O2/c17-12-7-3-1-5-10(12)9-19-14(22)16-21-20-15(23-16)11-6-2-4-8-13(11)18/h1-8H,9H2,(H,19,22). The first kappa shape index (κ1) is 14.8. The highest BCUT2D eigenvalue weighted by Gasteiger charge is 2.17. The lowest BCUT2D eigenvalue weighted by molar-refractivity contribution is 0.0916. The lowest BCUT2D eigenvalue weighted by Gasteiger charge is -2.03. The molecule has 0 spiro atoms. The summed E-state index contributed by atoms with van der Waals surface area (Å²) >= 11 is 0. The van der Waals surface area contributed by atoms with E-state index >= 15 is 0 Å². The Morgan fingerprint density at radius 2 is 1.70 bits per heavy atom. The number of aromatic nitrogens is 2. The van der Waals surface area contributed by atoms with Gasteiger partial charge < -0.3 is 9.73 Å². The topological polar surface area (TPSA) is 68.0 Å². The van der Waals surface area contributed by atoms with Crippen LogP contribution in [-0.4, -0.2) is 16.1 Å². The summed E-state index contributed by atoms with van der Waals surface area (Å²) in [6, 6.07) is 11.9. The Kier molecular flexibility index (Phi) is 4.09. The molecule has 116 valence electrons. The van der Waals surface area contributed by atoms with Crippen molar-refractivity contribution in [2.75, 3.05) is 0 Å². The number of rotatable bonds is 4. The number of nitrogens with zero attached hydrogens (tertiary/aromatic N) is 2. The average molecular weight is 315 g/mol. The van der Waals surface area contributed by atoms with E-state index in [1.165, 1.54) is 24.3 Å². The highest BCUT2D eigenvalue weighted by Crippen LogP contribution is 2.20. The van der Waals surface area contributed by atoms with Gasteiger partial charge in [-0.2, -0.15) is 0 Å². The Hall–Kier alpha value is -3.09. The number of carbonyl (C=O) groups is 1. The van der Waals surface area contributed by atoms with Gasteiger partial charge in [-0.3, -0.25) is 4.79 Å². The van der Waals surface area contributed by atoms with Gasteiger partial charge in [0.15, 0.2) is 0 Å². The van der Waals surface area contributed by atoms with Crippen molar-refractivity contribution in [1.82, 2.24) is 15.5 Å². The van der Waals surface area contributed by atoms with E-state index in [2.05, 4.69) is 15.5 Å². The maximum atomic E-state index is 13.6. The molecule has 0 aliphatic carbocycles. The van der Waals surface area contributed by atoms with Crippen LogP contribution in [0.25, 0.3) is 11.5 Å². The number of amides is 1. The van der Waals surface area contributed by atoms with Crippen molar-refractivity contribution >= 4 is 5.91 Å². The molecule has 1 aromatic heterocycles. The second kappa shape index (κ2) is 6.35. The third-order valence-corrected chi connectivity index (χ3v) is 3.12. The van der Waals surface area contributed by atoms with Crippen LogP contribution < -0.4 is 5.32 Å². The molecular formula is C16H11F2N3O2. The maximum absolute atomic E-state index is 13.6. The van der Waals surface area contributed by atoms with Gasteiger partial charge in [-0.05, 0) is 18.2 Å². The third kappa shape index (κ3) is 3.23. The second-order valence-corrected chi connectivity index (χ2v) is 4.67. The van der Waals surface area contributed by atoms with Crippen molar-refractivity contribution in [3.63, 3.8) is 0 Å². The normalized spacial score (nSPS) is 10.5. The third-order valence-electron chi connectivity index (χ3n) is 3.12. The molecule has 0 atom stereocenters. The summed E-state index contributed by atoms with van der Waals surface area (Å²) in [5, 5.41) is 9.70. The first-order valence-electron chi connectivity index (χ1n) is 6.75. The molecule has 0 aliphatic rings. The van der Waals surface area contributed by atoms with Gasteiger partial charge in [0.1, 0.15) is 11.6 Å². The van der Waals surface area contributed by atoms with Gasteiger partial charge in [-0.15, -0.1) is 10.2 Å². The molecule has 1 heterocycles. The zero-order valence-electron chi connectivity index (χ0n) is 11.8. The quantitative estimate of drug-likeness (QED) is 0.804. The SMILES string of the molecule is O=C(NCc1ccccc1F)c1nnc(-c2ccccc2F)o1. The highest BCUT2D eigenvalue weighted by atomic mass is 19.1. The Morgan fingerprint density at radius 1 is 1.00 bits per heavy atom. The number of nitrogens with one attached hydrogen (secondary N) is 1. The van der Waals surface area contributed by atoms with Crippen molar-refractivity contribution < 1.29 is 18.0 Å². The van der Waals surface area contributed by atoms with Crippen LogP contribution in [0.4, 0.5) is 8.78 Å². The predicted octanol–water partition coefficient (Wildman–Crippen LogP) is 2.94. The Balaban J connectivity index is 1.72. The molecule has 5 nitrogen and oxygen atoms in total. The van der Waals surface area contributed by atoms with E-state index in [-0.39, 0.29) is 23.9 Å². The van der Waals surface area contributed by atoms with Gasteiger partial charge >= 0.3 is 11.8 Å². The van der Waals surface area contributed by atoms with Crippen molar-refractivity contribution in [3.8, 4) is 11.5 Å². The number of hydrogen-bond acceptors (Lipinski definition) is 4. The monoisotopic (exact) mass is 315 g/mol. The number of benzene rings is 2. The molecule has 3 aromatic rings. The van der Waals surface area contributed by atoms with Crippen molar-refractivity contribution in [1.29, 1.82) is 0 Å². The lowest BCUT2D eigenvalue weighted by atomic mass is 10.2. The van der Waals surface area contributed by atoms with Crippen LogP contribution >= 0.6 is 0 Å². The predicted molar refractivity (Wildman–Crippen MR) is 77.3 cm³/mol. The second-order valence-electron chi connectivity index (χ2n) is 4.67. The summed E-state index contributed by atoms with van der Waals surface area (Å²) < 4.78 is 32.3. The molecular weight excluding hydrogens is 304 g/mol. The van der Waals surface area contributed by atoms with E-state index in [9.17, 15) is 13.6 Å². The fourth-order valence-electron chi connectivity index (χ4n) is 1.95. The number of carbonyl (C=O) groups excluding carboxylic acids is 1. The van der Waals surface area contributed by atoms with Crippen LogP contribution in [0, 0.1) is 11.6 Å². The molecule has 0 fully saturated rings. The zero-order chi connectivity index (χ0) is 16.2. The molecule has 2 aromatic carbocycles. The molecule has 0 saturated heterocycles. The molecule has 0 bridgehead atoms. The summed E-state index contributed by atoms with van der Waals surface area (Å²) in [6.07, 6.45) is 0. The largest absolute Gasteiger partial charge is 0.412 e. The summed E-state index contributed by atoms with van der Waals surface area (Å²) in [7, 11) is 0. The van der Waals surface area contributed by atoms with Crippen molar-refractivity contribution in [2.24, 2.45) is 0 Å². The molecule has 0 radical (unpaired) electrons. The minimum Gasteiger partial charge on any atom is -0.412 e. The van der Waals surface area contributed by atoms with Crippen molar-refractivity contribution in [2.45, 2.75) is 6.54 Å². The Bertz CT molecular complexity index is 849. The van der Waals surface area contributed by atoms with E-state index in [0.717, 1.165) is 0 Å². The molecule has 1 amide bonds. The minimum absolute atomic E-state index is 0.0249. The fourth-order valence-corrected chi connectivity index (χ4v) is 1.95. The maximum Gasteiger partial charge on any atom is 0.309 e. The van der Waals surface area contributed by atoms with Crippen LogP contribution in [0.5, 0.6) is 0 Å². The van der Waals surface area contributed by atoms with Crippen LogP contribution in [0.15, 0.2) is 52.9 Å². The molecule has 0 unspecified atom stereocenters. The van der Waals surface area contributed by atoms with Crippen LogP contribution in [0.1, 0.15) is 16.2 Å².